The van der Waals surface area contributed by atoms with Gasteiger partial charge in [-0.2, -0.15) is 0 Å². The normalized spacial score (nSPS) is 31.6. The molecule has 0 radical (unpaired) electrons. The summed E-state index contributed by atoms with van der Waals surface area (Å²) in [5.41, 5.74) is -1.98. The molecule has 3 aliphatic heterocycles. The molecule has 3 saturated heterocycles. The first-order valence-electron chi connectivity index (χ1n) is 13.4. The van der Waals surface area contributed by atoms with Crippen LogP contribution in [0.3, 0.4) is 0 Å². The minimum atomic E-state index is -1.13. The highest BCUT2D eigenvalue weighted by molar-refractivity contribution is 5.98. The molecule has 8 heteroatoms. The average Bonchev–Trinajstić information content (AvgIpc) is 3.44. The number of nitrogens with zero attached hydrogens (tertiary/aromatic N) is 2. The molecule has 0 aromatic heterocycles. The van der Waals surface area contributed by atoms with Crippen molar-refractivity contribution in [3.8, 4) is 0 Å². The van der Waals surface area contributed by atoms with Gasteiger partial charge in [-0.05, 0) is 51.9 Å². The average molecular weight is 505 g/mol. The van der Waals surface area contributed by atoms with Gasteiger partial charge in [-0.25, -0.2) is 0 Å². The first-order chi connectivity index (χ1) is 17.0. The van der Waals surface area contributed by atoms with Crippen molar-refractivity contribution >= 4 is 17.8 Å². The Hall–Kier alpha value is -2.19. The van der Waals surface area contributed by atoms with Gasteiger partial charge in [0.15, 0.2) is 0 Å². The molecule has 0 saturated carbocycles. The number of likely N-dealkylation sites (tertiary alicyclic amines) is 1. The van der Waals surface area contributed by atoms with Crippen molar-refractivity contribution in [2.24, 2.45) is 17.8 Å². The van der Waals surface area contributed by atoms with Crippen molar-refractivity contribution in [2.75, 3.05) is 19.8 Å². The maximum Gasteiger partial charge on any atom is 0.312 e. The van der Waals surface area contributed by atoms with Crippen molar-refractivity contribution < 1.29 is 29.0 Å². The number of ether oxygens (including phenoxy) is 2. The Morgan fingerprint density at radius 1 is 1.25 bits per heavy atom. The molecule has 0 aromatic carbocycles. The largest absolute Gasteiger partial charge is 0.465 e. The van der Waals surface area contributed by atoms with E-state index in [1.54, 1.807) is 22.0 Å². The molecule has 2 unspecified atom stereocenters. The van der Waals surface area contributed by atoms with Crippen LogP contribution in [-0.2, 0) is 23.9 Å². The second-order valence-electron chi connectivity index (χ2n) is 11.2. The first-order valence-corrected chi connectivity index (χ1v) is 13.4. The van der Waals surface area contributed by atoms with E-state index < -0.39 is 41.1 Å². The Morgan fingerprint density at radius 3 is 2.47 bits per heavy atom. The Kier molecular flexibility index (Phi) is 8.71. The quantitative estimate of drug-likeness (QED) is 0.235. The third-order valence-electron chi connectivity index (χ3n) is 8.25. The predicted octanol–water partition coefficient (Wildman–Crippen LogP) is 3.09. The summed E-state index contributed by atoms with van der Waals surface area (Å²) in [6.07, 6.45) is 6.01. The number of esters is 1. The lowest BCUT2D eigenvalue weighted by Crippen LogP contribution is -2.60. The fourth-order valence-corrected chi connectivity index (χ4v) is 6.69. The van der Waals surface area contributed by atoms with Crippen LogP contribution in [0.25, 0.3) is 0 Å². The summed E-state index contributed by atoms with van der Waals surface area (Å²) < 4.78 is 12.4. The molecule has 36 heavy (non-hydrogen) atoms. The lowest BCUT2D eigenvalue weighted by Gasteiger charge is -2.41. The van der Waals surface area contributed by atoms with Crippen LogP contribution in [0.5, 0.6) is 0 Å². The fraction of sp³-hybridized carbons (Fsp3) is 0.750. The summed E-state index contributed by atoms with van der Waals surface area (Å²) in [6.45, 7) is 17.6. The van der Waals surface area contributed by atoms with Crippen LogP contribution in [0.2, 0.25) is 0 Å². The van der Waals surface area contributed by atoms with Gasteiger partial charge in [0.1, 0.15) is 17.6 Å². The molecule has 2 bridgehead atoms. The molecule has 1 spiro atoms. The standard InChI is InChI=1S/C28H44N2O6/c1-8-11-15-35-26(34)22-21-24(32)30(20(17-31)16-18(4)5)23(25(33)29(14-9-2)19(6)7)28(21)13-12-27(22,10-3)36-28/h8-9,18-23,31H,1-2,10-17H2,3-7H3/t20-,21+,22+,23?,27-,28?/m1/s1. The molecule has 3 aliphatic rings. The van der Waals surface area contributed by atoms with Crippen molar-refractivity contribution in [3.63, 3.8) is 0 Å². The van der Waals surface area contributed by atoms with E-state index in [2.05, 4.69) is 13.2 Å². The first kappa shape index (κ1) is 28.4. The molecular formula is C28H44N2O6. The number of carbonyl (C=O) groups excluding carboxylic acids is 3. The van der Waals surface area contributed by atoms with Gasteiger partial charge in [-0.15, -0.1) is 13.2 Å². The highest BCUT2D eigenvalue weighted by Crippen LogP contribution is 2.65. The molecule has 8 nitrogen and oxygen atoms in total. The number of rotatable bonds is 13. The van der Waals surface area contributed by atoms with Crippen LogP contribution >= 0.6 is 0 Å². The van der Waals surface area contributed by atoms with Crippen LogP contribution in [0.15, 0.2) is 25.3 Å². The van der Waals surface area contributed by atoms with Crippen molar-refractivity contribution in [1.29, 1.82) is 0 Å². The summed E-state index contributed by atoms with van der Waals surface area (Å²) in [4.78, 5) is 45.2. The van der Waals surface area contributed by atoms with Crippen LogP contribution in [0.4, 0.5) is 0 Å². The smallest absolute Gasteiger partial charge is 0.312 e. The minimum Gasteiger partial charge on any atom is -0.465 e. The monoisotopic (exact) mass is 504 g/mol. The lowest BCUT2D eigenvalue weighted by atomic mass is 9.65. The van der Waals surface area contributed by atoms with E-state index in [1.807, 2.05) is 34.6 Å². The molecule has 3 fully saturated rings. The molecule has 1 N–H and O–H groups in total. The SMILES string of the molecule is C=CCCOC(=O)[C@@H]1[C@H]2C(=O)N([C@@H](CO)CC(C)C)C(C(=O)N(CC=C)C(C)C)C23CC[C@@]1(CC)O3. The Morgan fingerprint density at radius 2 is 1.94 bits per heavy atom. The van der Waals surface area contributed by atoms with E-state index >= 15 is 0 Å². The molecule has 202 valence electrons. The van der Waals surface area contributed by atoms with Crippen LogP contribution in [0.1, 0.15) is 66.7 Å². The lowest BCUT2D eigenvalue weighted by molar-refractivity contribution is -0.164. The summed E-state index contributed by atoms with van der Waals surface area (Å²) in [6, 6.07) is -1.60. The second-order valence-corrected chi connectivity index (χ2v) is 11.2. The van der Waals surface area contributed by atoms with E-state index in [0.717, 1.165) is 0 Å². The molecule has 0 aliphatic carbocycles. The topological polar surface area (TPSA) is 96.4 Å². The van der Waals surface area contributed by atoms with Crippen LogP contribution in [-0.4, -0.2) is 81.8 Å². The van der Waals surface area contributed by atoms with Gasteiger partial charge < -0.3 is 24.4 Å². The van der Waals surface area contributed by atoms with E-state index in [-0.39, 0.29) is 37.0 Å². The van der Waals surface area contributed by atoms with Gasteiger partial charge in [0.05, 0.1) is 30.8 Å². The Labute approximate surface area is 215 Å². The molecular weight excluding hydrogens is 460 g/mol. The third kappa shape index (κ3) is 4.51. The fourth-order valence-electron chi connectivity index (χ4n) is 6.69. The minimum absolute atomic E-state index is 0.126. The number of hydrogen-bond acceptors (Lipinski definition) is 6. The second kappa shape index (κ2) is 11.1. The molecule has 3 heterocycles. The maximum absolute atomic E-state index is 14.2. The zero-order valence-corrected chi connectivity index (χ0v) is 22.6. The zero-order chi connectivity index (χ0) is 26.8. The molecule has 0 aromatic rings. The van der Waals surface area contributed by atoms with Crippen LogP contribution in [0, 0.1) is 17.8 Å². The summed E-state index contributed by atoms with van der Waals surface area (Å²) >= 11 is 0. The summed E-state index contributed by atoms with van der Waals surface area (Å²) in [5, 5.41) is 10.4. The number of fused-ring (bicyclic) bond motifs is 1. The number of aliphatic hydroxyl groups excluding tert-OH is 1. The molecule has 3 rings (SSSR count). The third-order valence-corrected chi connectivity index (χ3v) is 8.25. The van der Waals surface area contributed by atoms with Gasteiger partial charge in [0.2, 0.25) is 11.8 Å². The Bertz CT molecular complexity index is 872. The van der Waals surface area contributed by atoms with Gasteiger partial charge in [-0.1, -0.05) is 32.9 Å². The van der Waals surface area contributed by atoms with Crippen molar-refractivity contribution in [1.82, 2.24) is 9.80 Å². The van der Waals surface area contributed by atoms with Crippen molar-refractivity contribution in [3.05, 3.63) is 25.3 Å². The summed E-state index contributed by atoms with van der Waals surface area (Å²) in [5.74, 6) is -2.40. The van der Waals surface area contributed by atoms with E-state index in [9.17, 15) is 19.5 Å². The predicted molar refractivity (Wildman–Crippen MR) is 137 cm³/mol. The number of amides is 2. The zero-order valence-electron chi connectivity index (χ0n) is 22.6. The molecule has 6 atom stereocenters. The van der Waals surface area contributed by atoms with Gasteiger partial charge in [-0.3, -0.25) is 14.4 Å². The van der Waals surface area contributed by atoms with E-state index in [1.165, 1.54) is 0 Å². The van der Waals surface area contributed by atoms with Gasteiger partial charge in [0, 0.05) is 12.6 Å². The van der Waals surface area contributed by atoms with Gasteiger partial charge >= 0.3 is 5.97 Å². The Balaban J connectivity index is 2.13. The van der Waals surface area contributed by atoms with E-state index in [0.29, 0.717) is 38.6 Å². The number of hydrogen-bond donors (Lipinski definition) is 1. The highest BCUT2D eigenvalue weighted by Gasteiger charge is 2.79. The van der Waals surface area contributed by atoms with Gasteiger partial charge in [0.25, 0.3) is 0 Å². The van der Waals surface area contributed by atoms with E-state index in [4.69, 9.17) is 9.47 Å². The van der Waals surface area contributed by atoms with Crippen LogP contribution < -0.4 is 0 Å². The highest BCUT2D eigenvalue weighted by atomic mass is 16.6. The van der Waals surface area contributed by atoms with Crippen molar-refractivity contribution in [2.45, 2.75) is 96.1 Å². The molecule has 2 amide bonds. The number of aliphatic hydroxyl groups is 1. The number of carbonyl (C=O) groups is 3. The maximum atomic E-state index is 14.2. The summed E-state index contributed by atoms with van der Waals surface area (Å²) in [7, 11) is 0.